The molecule has 0 spiro atoms. The molecular formula is C13H18N2O2. The van der Waals surface area contributed by atoms with Gasteiger partial charge in [0.15, 0.2) is 0 Å². The van der Waals surface area contributed by atoms with Gasteiger partial charge < -0.3 is 15.7 Å². The lowest BCUT2D eigenvalue weighted by atomic mass is 10.1. The molecule has 0 unspecified atom stereocenters. The predicted molar refractivity (Wildman–Crippen MR) is 68.4 cm³/mol. The maximum atomic E-state index is 11.0. The van der Waals surface area contributed by atoms with Gasteiger partial charge in [-0.05, 0) is 37.8 Å². The number of anilines is 2. The first kappa shape index (κ1) is 11.8. The zero-order valence-electron chi connectivity index (χ0n) is 10.0. The van der Waals surface area contributed by atoms with Crippen LogP contribution in [0.3, 0.4) is 0 Å². The van der Waals surface area contributed by atoms with E-state index in [2.05, 4.69) is 11.8 Å². The van der Waals surface area contributed by atoms with Crippen LogP contribution in [-0.4, -0.2) is 24.2 Å². The Hall–Kier alpha value is -1.71. The van der Waals surface area contributed by atoms with Crippen LogP contribution in [0.4, 0.5) is 11.4 Å². The van der Waals surface area contributed by atoms with Crippen LogP contribution >= 0.6 is 0 Å². The van der Waals surface area contributed by atoms with E-state index in [1.54, 1.807) is 12.1 Å². The average Bonchev–Trinajstić information content (AvgIpc) is 3.10. The van der Waals surface area contributed by atoms with Gasteiger partial charge in [-0.3, -0.25) is 0 Å². The highest BCUT2D eigenvalue weighted by atomic mass is 16.4. The molecule has 0 aliphatic heterocycles. The molecule has 1 aliphatic rings. The number of carboxylic acids is 1. The molecule has 0 heterocycles. The second-order valence-electron chi connectivity index (χ2n) is 4.53. The highest BCUT2D eigenvalue weighted by Gasteiger charge is 2.25. The molecule has 1 fully saturated rings. The van der Waals surface area contributed by atoms with Crippen molar-refractivity contribution in [3.05, 3.63) is 23.8 Å². The molecule has 0 atom stereocenters. The Kier molecular flexibility index (Phi) is 3.22. The number of benzene rings is 1. The summed E-state index contributed by atoms with van der Waals surface area (Å²) in [6, 6.07) is 5.20. The summed E-state index contributed by atoms with van der Waals surface area (Å²) in [5.41, 5.74) is 7.35. The van der Waals surface area contributed by atoms with Crippen molar-refractivity contribution in [2.45, 2.75) is 19.8 Å². The average molecular weight is 234 g/mol. The van der Waals surface area contributed by atoms with E-state index in [0.717, 1.165) is 24.7 Å². The van der Waals surface area contributed by atoms with E-state index in [-0.39, 0.29) is 5.56 Å². The molecule has 92 valence electrons. The Balaban J connectivity index is 2.28. The molecule has 4 nitrogen and oxygen atoms in total. The monoisotopic (exact) mass is 234 g/mol. The van der Waals surface area contributed by atoms with Crippen molar-refractivity contribution in [1.29, 1.82) is 0 Å². The molecule has 0 amide bonds. The lowest BCUT2D eigenvalue weighted by Crippen LogP contribution is -2.26. The Morgan fingerprint density at radius 2 is 2.24 bits per heavy atom. The van der Waals surface area contributed by atoms with Gasteiger partial charge in [0.05, 0.1) is 16.9 Å². The first-order valence-electron chi connectivity index (χ1n) is 6.00. The third-order valence-electron chi connectivity index (χ3n) is 3.21. The zero-order chi connectivity index (χ0) is 12.4. The number of nitrogens with zero attached hydrogens (tertiary/aromatic N) is 1. The van der Waals surface area contributed by atoms with Crippen molar-refractivity contribution in [3.8, 4) is 0 Å². The summed E-state index contributed by atoms with van der Waals surface area (Å²) < 4.78 is 0. The van der Waals surface area contributed by atoms with E-state index < -0.39 is 5.97 Å². The highest BCUT2D eigenvalue weighted by Crippen LogP contribution is 2.33. The molecule has 0 aromatic heterocycles. The molecule has 1 saturated carbocycles. The van der Waals surface area contributed by atoms with Gasteiger partial charge >= 0.3 is 5.97 Å². The van der Waals surface area contributed by atoms with Crippen LogP contribution in [0.25, 0.3) is 0 Å². The smallest absolute Gasteiger partial charge is 0.337 e. The normalized spacial score (nSPS) is 14.6. The van der Waals surface area contributed by atoms with Gasteiger partial charge in [0.1, 0.15) is 0 Å². The lowest BCUT2D eigenvalue weighted by molar-refractivity contribution is 0.0698. The second-order valence-corrected chi connectivity index (χ2v) is 4.53. The largest absolute Gasteiger partial charge is 0.478 e. The fourth-order valence-electron chi connectivity index (χ4n) is 2.03. The van der Waals surface area contributed by atoms with Crippen LogP contribution < -0.4 is 10.6 Å². The highest BCUT2D eigenvalue weighted by molar-refractivity contribution is 5.97. The topological polar surface area (TPSA) is 66.6 Å². The number of nitrogens with two attached hydrogens (primary N) is 1. The molecule has 17 heavy (non-hydrogen) atoms. The van der Waals surface area contributed by atoms with E-state index in [9.17, 15) is 4.79 Å². The molecule has 0 radical (unpaired) electrons. The molecular weight excluding hydrogens is 216 g/mol. The summed E-state index contributed by atoms with van der Waals surface area (Å²) >= 11 is 0. The van der Waals surface area contributed by atoms with E-state index in [0.29, 0.717) is 5.69 Å². The van der Waals surface area contributed by atoms with Crippen molar-refractivity contribution in [1.82, 2.24) is 0 Å². The molecule has 1 aliphatic carbocycles. The number of rotatable bonds is 5. The van der Waals surface area contributed by atoms with Gasteiger partial charge in [0.25, 0.3) is 0 Å². The van der Waals surface area contributed by atoms with E-state index >= 15 is 0 Å². The number of carbonyl (C=O) groups is 1. The number of para-hydroxylation sites is 1. The molecule has 0 saturated heterocycles. The molecule has 3 N–H and O–H groups in total. The molecule has 2 rings (SSSR count). The van der Waals surface area contributed by atoms with Crippen molar-refractivity contribution >= 4 is 17.3 Å². The number of hydrogen-bond acceptors (Lipinski definition) is 3. The van der Waals surface area contributed by atoms with Gasteiger partial charge in [0.2, 0.25) is 0 Å². The van der Waals surface area contributed by atoms with Crippen LogP contribution in [0, 0.1) is 5.92 Å². The van der Waals surface area contributed by atoms with Crippen LogP contribution in [0.15, 0.2) is 18.2 Å². The van der Waals surface area contributed by atoms with Gasteiger partial charge in [0, 0.05) is 13.1 Å². The van der Waals surface area contributed by atoms with Crippen LogP contribution in [0.1, 0.15) is 30.1 Å². The van der Waals surface area contributed by atoms with Crippen LogP contribution in [-0.2, 0) is 0 Å². The van der Waals surface area contributed by atoms with Crippen molar-refractivity contribution in [2.24, 2.45) is 5.92 Å². The van der Waals surface area contributed by atoms with Crippen LogP contribution in [0.2, 0.25) is 0 Å². The minimum absolute atomic E-state index is 0.191. The second kappa shape index (κ2) is 4.65. The van der Waals surface area contributed by atoms with E-state index in [4.69, 9.17) is 10.8 Å². The quantitative estimate of drug-likeness (QED) is 0.766. The van der Waals surface area contributed by atoms with Gasteiger partial charge in [-0.25, -0.2) is 4.79 Å². The Morgan fingerprint density at radius 1 is 1.53 bits per heavy atom. The first-order valence-corrected chi connectivity index (χ1v) is 6.00. The van der Waals surface area contributed by atoms with E-state index in [1.165, 1.54) is 12.8 Å². The lowest BCUT2D eigenvalue weighted by Gasteiger charge is -2.25. The molecule has 0 bridgehead atoms. The van der Waals surface area contributed by atoms with Crippen molar-refractivity contribution in [3.63, 3.8) is 0 Å². The summed E-state index contributed by atoms with van der Waals surface area (Å²) in [7, 11) is 0. The maximum absolute atomic E-state index is 11.0. The standard InChI is InChI=1S/C13H18N2O2/c1-2-15(8-9-6-7-9)11-5-3-4-10(12(11)14)13(16)17/h3-5,9H,2,6-8,14H2,1H3,(H,16,17). The summed E-state index contributed by atoms with van der Waals surface area (Å²) in [6.07, 6.45) is 2.55. The summed E-state index contributed by atoms with van der Waals surface area (Å²) in [6.45, 7) is 3.89. The fraction of sp³-hybridized carbons (Fsp3) is 0.462. The van der Waals surface area contributed by atoms with Gasteiger partial charge in [-0.2, -0.15) is 0 Å². The predicted octanol–water partition coefficient (Wildman–Crippen LogP) is 2.20. The number of hydrogen-bond donors (Lipinski definition) is 2. The molecule has 1 aromatic rings. The summed E-state index contributed by atoms with van der Waals surface area (Å²) in [5.74, 6) is -0.213. The third-order valence-corrected chi connectivity index (χ3v) is 3.21. The van der Waals surface area contributed by atoms with Gasteiger partial charge in [-0.15, -0.1) is 0 Å². The zero-order valence-corrected chi connectivity index (χ0v) is 10.0. The Labute approximate surface area is 101 Å². The maximum Gasteiger partial charge on any atom is 0.337 e. The minimum Gasteiger partial charge on any atom is -0.478 e. The van der Waals surface area contributed by atoms with E-state index in [1.807, 2.05) is 6.07 Å². The number of carboxylic acid groups (broad SMARTS) is 1. The fourth-order valence-corrected chi connectivity index (χ4v) is 2.03. The SMILES string of the molecule is CCN(CC1CC1)c1cccc(C(=O)O)c1N. The Bertz CT molecular complexity index is 427. The first-order chi connectivity index (χ1) is 8.13. The summed E-state index contributed by atoms with van der Waals surface area (Å²) in [5, 5.41) is 9.04. The molecule has 1 aromatic carbocycles. The number of nitrogen functional groups attached to an aromatic ring is 1. The molecule has 4 heteroatoms. The van der Waals surface area contributed by atoms with Gasteiger partial charge in [-0.1, -0.05) is 6.07 Å². The van der Waals surface area contributed by atoms with Crippen LogP contribution in [0.5, 0.6) is 0 Å². The minimum atomic E-state index is -0.966. The van der Waals surface area contributed by atoms with Crippen molar-refractivity contribution in [2.75, 3.05) is 23.7 Å². The Morgan fingerprint density at radius 3 is 2.76 bits per heavy atom. The summed E-state index contributed by atoms with van der Waals surface area (Å²) in [4.78, 5) is 13.2. The third kappa shape index (κ3) is 2.52. The van der Waals surface area contributed by atoms with Crippen molar-refractivity contribution < 1.29 is 9.90 Å². The number of aromatic carboxylic acids is 1.